The fourth-order valence-corrected chi connectivity index (χ4v) is 1.30. The van der Waals surface area contributed by atoms with E-state index in [1.165, 1.54) is 20.0 Å². The summed E-state index contributed by atoms with van der Waals surface area (Å²) in [6.45, 7) is 5.81. The Kier molecular flexibility index (Phi) is 15.1. The Bertz CT molecular complexity index is 166. The lowest BCUT2D eigenvalue weighted by Crippen LogP contribution is -2.32. The van der Waals surface area contributed by atoms with Crippen LogP contribution in [0.1, 0.15) is 52.9 Å². The summed E-state index contributed by atoms with van der Waals surface area (Å²) in [6, 6.07) is 0.368. The van der Waals surface area contributed by atoms with E-state index in [1.54, 1.807) is 0 Å². The van der Waals surface area contributed by atoms with E-state index in [1.807, 2.05) is 20.8 Å². The van der Waals surface area contributed by atoms with E-state index in [2.05, 4.69) is 10.1 Å². The van der Waals surface area contributed by atoms with Gasteiger partial charge in [0, 0.05) is 12.5 Å². The molecule has 0 saturated heterocycles. The Morgan fingerprint density at radius 1 is 1.38 bits per heavy atom. The Hall–Kier alpha value is -1.06. The van der Waals surface area contributed by atoms with Crippen molar-refractivity contribution in [2.45, 2.75) is 58.9 Å². The first-order valence-corrected chi connectivity index (χ1v) is 6.02. The fraction of sp³-hybridized carbons (Fsp3) is 0.833. The van der Waals surface area contributed by atoms with Gasteiger partial charge in [-0.25, -0.2) is 4.79 Å². The Labute approximate surface area is 98.7 Å². The second-order valence-electron chi connectivity index (χ2n) is 3.19. The number of hydrogen-bond acceptors (Lipinski definition) is 3. The third kappa shape index (κ3) is 11.0. The number of amides is 1. The second kappa shape index (κ2) is 13.9. The lowest BCUT2D eigenvalue weighted by atomic mass is 10.3. The van der Waals surface area contributed by atoms with Gasteiger partial charge in [0.2, 0.25) is 0 Å². The molecule has 0 radical (unpaired) electrons. The van der Waals surface area contributed by atoms with Crippen molar-refractivity contribution in [1.82, 2.24) is 5.32 Å². The van der Waals surface area contributed by atoms with Crippen molar-refractivity contribution >= 4 is 12.4 Å². The summed E-state index contributed by atoms with van der Waals surface area (Å²) in [5, 5.41) is 2.77. The maximum atomic E-state index is 10.6. The molecule has 1 fully saturated rings. The van der Waals surface area contributed by atoms with Crippen molar-refractivity contribution in [3.05, 3.63) is 0 Å². The van der Waals surface area contributed by atoms with E-state index in [4.69, 9.17) is 0 Å². The topological polar surface area (TPSA) is 55.4 Å². The molecule has 0 atom stereocenters. The van der Waals surface area contributed by atoms with Crippen molar-refractivity contribution in [1.29, 1.82) is 0 Å². The highest BCUT2D eigenvalue weighted by molar-refractivity contribution is 5.67. The average Bonchev–Trinajstić information content (AvgIpc) is 2.84. The molecule has 16 heavy (non-hydrogen) atoms. The molecule has 1 amide bonds. The molecule has 1 aliphatic rings. The zero-order chi connectivity index (χ0) is 12.8. The number of aldehydes is 1. The fourth-order valence-electron chi connectivity index (χ4n) is 1.30. The number of carbonyl (C=O) groups is 2. The largest absolute Gasteiger partial charge is 0.453 e. The van der Waals surface area contributed by atoms with Gasteiger partial charge >= 0.3 is 6.09 Å². The summed E-state index contributed by atoms with van der Waals surface area (Å²) in [7, 11) is 1.39. The minimum atomic E-state index is -0.299. The zero-order valence-corrected chi connectivity index (χ0v) is 10.9. The molecular formula is C12H25NO3. The summed E-state index contributed by atoms with van der Waals surface area (Å²) >= 11 is 0. The van der Waals surface area contributed by atoms with Gasteiger partial charge in [0.25, 0.3) is 0 Å². The van der Waals surface area contributed by atoms with Crippen LogP contribution in [0.4, 0.5) is 4.79 Å². The van der Waals surface area contributed by atoms with Gasteiger partial charge in [-0.15, -0.1) is 0 Å². The average molecular weight is 231 g/mol. The molecule has 1 aliphatic carbocycles. The van der Waals surface area contributed by atoms with Gasteiger partial charge in [0.05, 0.1) is 7.11 Å². The molecule has 4 heteroatoms. The predicted molar refractivity (Wildman–Crippen MR) is 65.5 cm³/mol. The standard InChI is InChI=1S/C7H13NO2.C3H6O.C2H6/c1-10-7(9)8-6-4-2-3-5-6;1-2-3-4;1-2/h6H,2-5H2,1H3,(H,8,9);3H,2H2,1H3;1-2H3. The van der Waals surface area contributed by atoms with Gasteiger partial charge in [-0.05, 0) is 12.8 Å². The van der Waals surface area contributed by atoms with E-state index < -0.39 is 0 Å². The van der Waals surface area contributed by atoms with Gasteiger partial charge in [0.1, 0.15) is 6.29 Å². The molecule has 0 aromatic rings. The number of ether oxygens (including phenoxy) is 1. The van der Waals surface area contributed by atoms with E-state index >= 15 is 0 Å². The number of rotatable bonds is 2. The molecule has 1 N–H and O–H groups in total. The van der Waals surface area contributed by atoms with E-state index in [0.717, 1.165) is 19.1 Å². The van der Waals surface area contributed by atoms with Crippen molar-refractivity contribution in [3.8, 4) is 0 Å². The highest BCUT2D eigenvalue weighted by Crippen LogP contribution is 2.17. The van der Waals surface area contributed by atoms with Crippen LogP contribution in [0, 0.1) is 0 Å². The smallest absolute Gasteiger partial charge is 0.407 e. The molecule has 4 nitrogen and oxygen atoms in total. The van der Waals surface area contributed by atoms with Crippen LogP contribution in [-0.4, -0.2) is 25.5 Å². The normalized spacial score (nSPS) is 13.8. The van der Waals surface area contributed by atoms with E-state index in [9.17, 15) is 9.59 Å². The Morgan fingerprint density at radius 3 is 2.12 bits per heavy atom. The molecule has 1 saturated carbocycles. The van der Waals surface area contributed by atoms with Gasteiger partial charge in [-0.1, -0.05) is 33.6 Å². The molecule has 0 aromatic carbocycles. The first kappa shape index (κ1) is 17.3. The second-order valence-corrected chi connectivity index (χ2v) is 3.19. The lowest BCUT2D eigenvalue weighted by molar-refractivity contribution is -0.107. The Morgan fingerprint density at radius 2 is 1.81 bits per heavy atom. The number of methoxy groups -OCH3 is 1. The highest BCUT2D eigenvalue weighted by Gasteiger charge is 2.16. The third-order valence-electron chi connectivity index (χ3n) is 2.03. The predicted octanol–water partition coefficient (Wildman–Crippen LogP) is 2.91. The van der Waals surface area contributed by atoms with Gasteiger partial charge in [-0.3, -0.25) is 0 Å². The van der Waals surface area contributed by atoms with Crippen LogP contribution >= 0.6 is 0 Å². The monoisotopic (exact) mass is 231 g/mol. The quantitative estimate of drug-likeness (QED) is 0.743. The number of nitrogens with one attached hydrogen (secondary N) is 1. The minimum absolute atomic E-state index is 0.299. The molecule has 0 heterocycles. The van der Waals surface area contributed by atoms with Crippen molar-refractivity contribution in [3.63, 3.8) is 0 Å². The van der Waals surface area contributed by atoms with E-state index in [-0.39, 0.29) is 6.09 Å². The molecule has 96 valence electrons. The van der Waals surface area contributed by atoms with Crippen LogP contribution in [-0.2, 0) is 9.53 Å². The molecule has 0 unspecified atom stereocenters. The molecule has 0 bridgehead atoms. The highest BCUT2D eigenvalue weighted by atomic mass is 16.5. The van der Waals surface area contributed by atoms with Crippen LogP contribution in [0.3, 0.4) is 0 Å². The van der Waals surface area contributed by atoms with Crippen LogP contribution in [0.15, 0.2) is 0 Å². The summed E-state index contributed by atoms with van der Waals surface area (Å²) in [5.74, 6) is 0. The number of hydrogen-bond donors (Lipinski definition) is 1. The first-order valence-electron chi connectivity index (χ1n) is 6.02. The summed E-state index contributed by atoms with van der Waals surface area (Å²) in [4.78, 5) is 19.8. The SMILES string of the molecule is CC.CCC=O.COC(=O)NC1CCCC1. The summed E-state index contributed by atoms with van der Waals surface area (Å²) in [5.41, 5.74) is 0. The molecule has 0 aromatic heterocycles. The number of carbonyl (C=O) groups excluding carboxylic acids is 2. The van der Waals surface area contributed by atoms with E-state index in [0.29, 0.717) is 12.5 Å². The van der Waals surface area contributed by atoms with Crippen molar-refractivity contribution in [2.75, 3.05) is 7.11 Å². The third-order valence-corrected chi connectivity index (χ3v) is 2.03. The van der Waals surface area contributed by atoms with Gasteiger partial charge < -0.3 is 14.8 Å². The maximum Gasteiger partial charge on any atom is 0.407 e. The molecule has 0 spiro atoms. The molecular weight excluding hydrogens is 206 g/mol. The minimum Gasteiger partial charge on any atom is -0.453 e. The van der Waals surface area contributed by atoms with Gasteiger partial charge in [0.15, 0.2) is 0 Å². The first-order chi connectivity index (χ1) is 7.74. The van der Waals surface area contributed by atoms with Gasteiger partial charge in [-0.2, -0.15) is 0 Å². The maximum absolute atomic E-state index is 10.6. The summed E-state index contributed by atoms with van der Waals surface area (Å²) < 4.78 is 4.46. The van der Waals surface area contributed by atoms with Crippen molar-refractivity contribution in [2.24, 2.45) is 0 Å². The molecule has 0 aliphatic heterocycles. The lowest BCUT2D eigenvalue weighted by Gasteiger charge is -2.09. The van der Waals surface area contributed by atoms with Crippen LogP contribution in [0.2, 0.25) is 0 Å². The Balaban J connectivity index is 0. The van der Waals surface area contributed by atoms with Crippen LogP contribution in [0.25, 0.3) is 0 Å². The van der Waals surface area contributed by atoms with Crippen LogP contribution in [0.5, 0.6) is 0 Å². The van der Waals surface area contributed by atoms with Crippen molar-refractivity contribution < 1.29 is 14.3 Å². The number of alkyl carbamates (subject to hydrolysis) is 1. The zero-order valence-electron chi connectivity index (χ0n) is 10.9. The summed E-state index contributed by atoms with van der Waals surface area (Å²) in [6.07, 6.45) is 5.89. The molecule has 1 rings (SSSR count). The van der Waals surface area contributed by atoms with Crippen LogP contribution < -0.4 is 5.32 Å².